The van der Waals surface area contributed by atoms with Crippen LogP contribution in [0.2, 0.25) is 0 Å². The summed E-state index contributed by atoms with van der Waals surface area (Å²) in [5.74, 6) is -1.09. The quantitative estimate of drug-likeness (QED) is 0.453. The summed E-state index contributed by atoms with van der Waals surface area (Å²) in [4.78, 5) is 10.1. The first kappa shape index (κ1) is 14.2. The third-order valence-electron chi connectivity index (χ3n) is 1.34. The zero-order chi connectivity index (χ0) is 8.85. The molecule has 0 saturated carbocycles. The van der Waals surface area contributed by atoms with Gasteiger partial charge in [0.2, 0.25) is 0 Å². The Morgan fingerprint density at radius 1 is 1.42 bits per heavy atom. The minimum atomic E-state index is -1.09. The van der Waals surface area contributed by atoms with E-state index in [0.717, 1.165) is 0 Å². The Balaban J connectivity index is 0. The number of aliphatic hydroxyl groups is 2. The van der Waals surface area contributed by atoms with Crippen molar-refractivity contribution in [2.24, 2.45) is 5.73 Å². The predicted molar refractivity (Wildman–Crippen MR) is 45.2 cm³/mol. The minimum Gasteiger partial charge on any atom is -0.480 e. The summed E-state index contributed by atoms with van der Waals surface area (Å²) < 4.78 is 0. The molecule has 6 heteroatoms. The monoisotopic (exact) mass is 199 g/mol. The molecule has 0 aliphatic rings. The first-order valence-corrected chi connectivity index (χ1v) is 3.35. The molecule has 0 rings (SSSR count). The van der Waals surface area contributed by atoms with Crippen LogP contribution in [0.3, 0.4) is 0 Å². The molecule has 5 nitrogen and oxygen atoms in total. The van der Waals surface area contributed by atoms with Crippen LogP contribution in [0.5, 0.6) is 0 Å². The molecule has 0 amide bonds. The number of hydrogen-bond acceptors (Lipinski definition) is 4. The van der Waals surface area contributed by atoms with Crippen LogP contribution in [0, 0.1) is 0 Å². The van der Waals surface area contributed by atoms with Gasteiger partial charge >= 0.3 is 5.97 Å². The molecular formula is C6H14ClNO4. The van der Waals surface area contributed by atoms with Gasteiger partial charge in [0.1, 0.15) is 6.04 Å². The highest BCUT2D eigenvalue weighted by Gasteiger charge is 2.12. The van der Waals surface area contributed by atoms with Crippen LogP contribution in [0.15, 0.2) is 0 Å². The van der Waals surface area contributed by atoms with Crippen LogP contribution >= 0.6 is 12.4 Å². The number of aliphatic hydroxyl groups excluding tert-OH is 2. The van der Waals surface area contributed by atoms with E-state index in [0.29, 0.717) is 0 Å². The molecule has 2 atom stereocenters. The van der Waals surface area contributed by atoms with Gasteiger partial charge < -0.3 is 21.1 Å². The summed E-state index contributed by atoms with van der Waals surface area (Å²) in [5, 5.41) is 25.4. The van der Waals surface area contributed by atoms with Gasteiger partial charge in [-0.3, -0.25) is 4.79 Å². The molecular weight excluding hydrogens is 186 g/mol. The fraction of sp³-hybridized carbons (Fsp3) is 0.833. The molecule has 0 fully saturated rings. The van der Waals surface area contributed by atoms with Gasteiger partial charge in [-0.15, -0.1) is 12.4 Å². The smallest absolute Gasteiger partial charge is 0.320 e. The number of carboxylic acid groups (broad SMARTS) is 1. The number of halogens is 1. The molecule has 0 aromatic heterocycles. The van der Waals surface area contributed by atoms with Gasteiger partial charge in [0.05, 0.1) is 12.7 Å². The zero-order valence-electron chi connectivity index (χ0n) is 6.51. The fourth-order valence-electron chi connectivity index (χ4n) is 0.587. The van der Waals surface area contributed by atoms with E-state index in [1.165, 1.54) is 0 Å². The Bertz CT molecular complexity index is 133. The summed E-state index contributed by atoms with van der Waals surface area (Å²) in [6.07, 6.45) is -0.471. The first-order valence-electron chi connectivity index (χ1n) is 3.35. The molecule has 0 spiro atoms. The van der Waals surface area contributed by atoms with Crippen LogP contribution in [0.25, 0.3) is 0 Å². The van der Waals surface area contributed by atoms with Crippen molar-refractivity contribution < 1.29 is 20.1 Å². The number of nitrogens with two attached hydrogens (primary N) is 1. The summed E-state index contributed by atoms with van der Waals surface area (Å²) in [5.41, 5.74) is 5.13. The maximum atomic E-state index is 10.1. The van der Waals surface area contributed by atoms with Crippen LogP contribution in [-0.2, 0) is 4.79 Å². The zero-order valence-corrected chi connectivity index (χ0v) is 7.33. The number of aliphatic carboxylic acids is 1. The van der Waals surface area contributed by atoms with Gasteiger partial charge in [0.25, 0.3) is 0 Å². The highest BCUT2D eigenvalue weighted by molar-refractivity contribution is 5.85. The maximum Gasteiger partial charge on any atom is 0.320 e. The van der Waals surface area contributed by atoms with E-state index >= 15 is 0 Å². The van der Waals surface area contributed by atoms with Crippen LogP contribution in [0.1, 0.15) is 12.8 Å². The third kappa shape index (κ3) is 6.36. The van der Waals surface area contributed by atoms with E-state index in [9.17, 15) is 4.79 Å². The summed E-state index contributed by atoms with van der Waals surface area (Å²) in [6, 6.07) is -0.948. The molecule has 0 saturated heterocycles. The Kier molecular flexibility index (Phi) is 8.62. The molecule has 0 aliphatic carbocycles. The van der Waals surface area contributed by atoms with Crippen molar-refractivity contribution in [3.63, 3.8) is 0 Å². The molecule has 2 unspecified atom stereocenters. The van der Waals surface area contributed by atoms with E-state index in [1.807, 2.05) is 0 Å². The van der Waals surface area contributed by atoms with Crippen molar-refractivity contribution in [2.45, 2.75) is 25.0 Å². The molecule has 0 aliphatic heterocycles. The van der Waals surface area contributed by atoms with E-state index in [2.05, 4.69) is 0 Å². The van der Waals surface area contributed by atoms with Gasteiger partial charge in [-0.05, 0) is 12.8 Å². The lowest BCUT2D eigenvalue weighted by atomic mass is 10.1. The number of carboxylic acids is 1. The van der Waals surface area contributed by atoms with Crippen molar-refractivity contribution >= 4 is 18.4 Å². The third-order valence-corrected chi connectivity index (χ3v) is 1.34. The molecule has 12 heavy (non-hydrogen) atoms. The lowest BCUT2D eigenvalue weighted by molar-refractivity contribution is -0.138. The molecule has 0 aromatic rings. The second kappa shape index (κ2) is 7.30. The predicted octanol–water partition coefficient (Wildman–Crippen LogP) is -1.05. The lowest BCUT2D eigenvalue weighted by Gasteiger charge is -2.08. The second-order valence-corrected chi connectivity index (χ2v) is 2.36. The molecule has 0 radical (unpaired) electrons. The highest BCUT2D eigenvalue weighted by Crippen LogP contribution is 1.99. The van der Waals surface area contributed by atoms with Crippen molar-refractivity contribution in [2.75, 3.05) is 6.61 Å². The Morgan fingerprint density at radius 2 is 1.92 bits per heavy atom. The van der Waals surface area contributed by atoms with Gasteiger partial charge in [0, 0.05) is 0 Å². The maximum absolute atomic E-state index is 10.1. The van der Waals surface area contributed by atoms with E-state index in [4.69, 9.17) is 21.1 Å². The van der Waals surface area contributed by atoms with Crippen molar-refractivity contribution in [1.82, 2.24) is 0 Å². The van der Waals surface area contributed by atoms with Crippen molar-refractivity contribution in [3.05, 3.63) is 0 Å². The van der Waals surface area contributed by atoms with Gasteiger partial charge in [-0.25, -0.2) is 0 Å². The average molecular weight is 200 g/mol. The standard InChI is InChI=1S/C6H13NO4.ClH/c7-5(6(10)11)2-1-4(9)3-8;/h4-5,8-9H,1-3,7H2,(H,10,11);1H. The van der Waals surface area contributed by atoms with Crippen molar-refractivity contribution in [3.8, 4) is 0 Å². The van der Waals surface area contributed by atoms with E-state index < -0.39 is 18.1 Å². The average Bonchev–Trinajstić information content (AvgIpc) is 1.99. The second-order valence-electron chi connectivity index (χ2n) is 2.36. The SMILES string of the molecule is Cl.NC(CCC(O)CO)C(=O)O. The van der Waals surface area contributed by atoms with Crippen molar-refractivity contribution in [1.29, 1.82) is 0 Å². The number of carbonyl (C=O) groups is 1. The Hall–Kier alpha value is -0.360. The Labute approximate surface area is 76.6 Å². The van der Waals surface area contributed by atoms with Gasteiger partial charge in [-0.1, -0.05) is 0 Å². The van der Waals surface area contributed by atoms with Gasteiger partial charge in [0.15, 0.2) is 0 Å². The Morgan fingerprint density at radius 3 is 2.25 bits per heavy atom. The molecule has 5 N–H and O–H groups in total. The molecule has 0 bridgehead atoms. The van der Waals surface area contributed by atoms with E-state index in [-0.39, 0.29) is 31.9 Å². The summed E-state index contributed by atoms with van der Waals surface area (Å²) in [7, 11) is 0. The number of rotatable bonds is 5. The van der Waals surface area contributed by atoms with Crippen LogP contribution in [0.4, 0.5) is 0 Å². The largest absolute Gasteiger partial charge is 0.480 e. The minimum absolute atomic E-state index is 0. The lowest BCUT2D eigenvalue weighted by Crippen LogP contribution is -2.31. The molecule has 0 heterocycles. The topological polar surface area (TPSA) is 104 Å². The number of hydrogen-bond donors (Lipinski definition) is 4. The first-order chi connectivity index (χ1) is 5.07. The van der Waals surface area contributed by atoms with E-state index in [1.54, 1.807) is 0 Å². The fourth-order valence-corrected chi connectivity index (χ4v) is 0.587. The summed E-state index contributed by atoms with van der Waals surface area (Å²) >= 11 is 0. The van der Waals surface area contributed by atoms with Crippen LogP contribution in [-0.4, -0.2) is 40.0 Å². The van der Waals surface area contributed by atoms with Crippen LogP contribution < -0.4 is 5.73 Å². The molecule has 74 valence electrons. The highest BCUT2D eigenvalue weighted by atomic mass is 35.5. The summed E-state index contributed by atoms with van der Waals surface area (Å²) in [6.45, 7) is -0.355. The normalized spacial score (nSPS) is 14.6. The van der Waals surface area contributed by atoms with Gasteiger partial charge in [-0.2, -0.15) is 0 Å². The molecule has 0 aromatic carbocycles.